The summed E-state index contributed by atoms with van der Waals surface area (Å²) in [6, 6.07) is 10.5. The van der Waals surface area contributed by atoms with Crippen molar-refractivity contribution in [2.24, 2.45) is 5.92 Å². The molecule has 4 nitrogen and oxygen atoms in total. The second-order valence-corrected chi connectivity index (χ2v) is 5.76. The number of ether oxygens (including phenoxy) is 1. The Morgan fingerprint density at radius 1 is 1.15 bits per heavy atom. The number of nitrogens with zero attached hydrogens (tertiary/aromatic N) is 1. The van der Waals surface area contributed by atoms with E-state index in [0.29, 0.717) is 12.6 Å². The number of hydrogen-bond donors (Lipinski definition) is 1. The number of benzene rings is 1. The van der Waals surface area contributed by atoms with Crippen LogP contribution in [-0.4, -0.2) is 48.3 Å². The topological polar surface area (TPSA) is 49.8 Å². The molecule has 1 aromatic rings. The van der Waals surface area contributed by atoms with Crippen molar-refractivity contribution in [1.82, 2.24) is 4.90 Å². The van der Waals surface area contributed by atoms with Crippen LogP contribution < -0.4 is 0 Å². The normalized spacial score (nSPS) is 28.6. The third-order valence-corrected chi connectivity index (χ3v) is 4.60. The molecule has 0 unspecified atom stereocenters. The standard InChI is InChI=1S/C16H21NO3/c18-16(19)15-11-17(13-6-8-20-9-7-13)10-14(15)12-4-2-1-3-5-12/h1-5,13-15H,6-11H2,(H,18,19)/t14-,15+/m0/s1. The minimum Gasteiger partial charge on any atom is -0.481 e. The van der Waals surface area contributed by atoms with Gasteiger partial charge in [-0.2, -0.15) is 0 Å². The van der Waals surface area contributed by atoms with Crippen molar-refractivity contribution < 1.29 is 14.6 Å². The lowest BCUT2D eigenvalue weighted by Gasteiger charge is -2.31. The fraction of sp³-hybridized carbons (Fsp3) is 0.562. The molecule has 2 saturated heterocycles. The van der Waals surface area contributed by atoms with Crippen molar-refractivity contribution in [2.75, 3.05) is 26.3 Å². The van der Waals surface area contributed by atoms with E-state index in [1.54, 1.807) is 0 Å². The molecule has 0 spiro atoms. The fourth-order valence-electron chi connectivity index (χ4n) is 3.47. The van der Waals surface area contributed by atoms with Crippen LogP contribution in [0.25, 0.3) is 0 Å². The fourth-order valence-corrected chi connectivity index (χ4v) is 3.47. The Hall–Kier alpha value is -1.39. The van der Waals surface area contributed by atoms with Crippen molar-refractivity contribution in [1.29, 1.82) is 0 Å². The number of likely N-dealkylation sites (tertiary alicyclic amines) is 1. The van der Waals surface area contributed by atoms with E-state index in [1.807, 2.05) is 30.3 Å². The van der Waals surface area contributed by atoms with E-state index in [4.69, 9.17) is 4.74 Å². The number of rotatable bonds is 3. The van der Waals surface area contributed by atoms with Crippen LogP contribution in [0.4, 0.5) is 0 Å². The first-order chi connectivity index (χ1) is 9.75. The van der Waals surface area contributed by atoms with Gasteiger partial charge in [0.05, 0.1) is 5.92 Å². The number of aliphatic carboxylic acids is 1. The Labute approximate surface area is 119 Å². The summed E-state index contributed by atoms with van der Waals surface area (Å²) < 4.78 is 5.40. The van der Waals surface area contributed by atoms with Crippen LogP contribution in [0, 0.1) is 5.92 Å². The highest BCUT2D eigenvalue weighted by Crippen LogP contribution is 2.35. The maximum Gasteiger partial charge on any atom is 0.308 e. The Balaban J connectivity index is 1.77. The number of hydrogen-bond acceptors (Lipinski definition) is 3. The average molecular weight is 275 g/mol. The molecule has 2 atom stereocenters. The first-order valence-electron chi connectivity index (χ1n) is 7.35. The van der Waals surface area contributed by atoms with E-state index >= 15 is 0 Å². The maximum atomic E-state index is 11.6. The Morgan fingerprint density at radius 2 is 1.85 bits per heavy atom. The summed E-state index contributed by atoms with van der Waals surface area (Å²) in [6.07, 6.45) is 2.04. The van der Waals surface area contributed by atoms with Gasteiger partial charge >= 0.3 is 5.97 Å². The third-order valence-electron chi connectivity index (χ3n) is 4.60. The first kappa shape index (κ1) is 13.6. The van der Waals surface area contributed by atoms with Gasteiger partial charge < -0.3 is 9.84 Å². The minimum absolute atomic E-state index is 0.108. The van der Waals surface area contributed by atoms with E-state index in [0.717, 1.165) is 38.2 Å². The number of carboxylic acid groups (broad SMARTS) is 1. The molecule has 2 heterocycles. The molecule has 108 valence electrons. The molecular weight excluding hydrogens is 254 g/mol. The zero-order valence-electron chi connectivity index (χ0n) is 11.6. The minimum atomic E-state index is -0.673. The summed E-state index contributed by atoms with van der Waals surface area (Å²) in [5.41, 5.74) is 1.15. The van der Waals surface area contributed by atoms with Crippen molar-refractivity contribution in [2.45, 2.75) is 24.8 Å². The molecule has 0 aliphatic carbocycles. The molecule has 0 bridgehead atoms. The van der Waals surface area contributed by atoms with Gasteiger partial charge in [-0.15, -0.1) is 0 Å². The van der Waals surface area contributed by atoms with Gasteiger partial charge in [0.15, 0.2) is 0 Å². The molecular formula is C16H21NO3. The van der Waals surface area contributed by atoms with Gasteiger partial charge in [-0.1, -0.05) is 30.3 Å². The predicted molar refractivity (Wildman–Crippen MR) is 75.7 cm³/mol. The van der Waals surface area contributed by atoms with E-state index in [-0.39, 0.29) is 11.8 Å². The largest absolute Gasteiger partial charge is 0.481 e. The number of carbonyl (C=O) groups is 1. The van der Waals surface area contributed by atoms with Crippen molar-refractivity contribution in [3.63, 3.8) is 0 Å². The Kier molecular flexibility index (Phi) is 4.03. The maximum absolute atomic E-state index is 11.6. The number of carboxylic acids is 1. The predicted octanol–water partition coefficient (Wildman–Crippen LogP) is 1.97. The molecule has 0 aromatic heterocycles. The third kappa shape index (κ3) is 2.72. The van der Waals surface area contributed by atoms with Crippen molar-refractivity contribution in [3.8, 4) is 0 Å². The van der Waals surface area contributed by atoms with Gasteiger partial charge in [0.25, 0.3) is 0 Å². The molecule has 2 aliphatic heterocycles. The second kappa shape index (κ2) is 5.94. The smallest absolute Gasteiger partial charge is 0.308 e. The van der Waals surface area contributed by atoms with Crippen LogP contribution >= 0.6 is 0 Å². The van der Waals surface area contributed by atoms with Crippen molar-refractivity contribution >= 4 is 5.97 Å². The first-order valence-corrected chi connectivity index (χ1v) is 7.35. The molecule has 2 aliphatic rings. The quantitative estimate of drug-likeness (QED) is 0.916. The lowest BCUT2D eigenvalue weighted by Crippen LogP contribution is -2.38. The van der Waals surface area contributed by atoms with Gasteiger partial charge in [0.1, 0.15) is 0 Å². The van der Waals surface area contributed by atoms with Gasteiger partial charge in [-0.05, 0) is 18.4 Å². The Morgan fingerprint density at radius 3 is 2.50 bits per heavy atom. The molecule has 0 saturated carbocycles. The SMILES string of the molecule is O=C(O)[C@@H]1CN(C2CCOCC2)C[C@H]1c1ccccc1. The molecule has 0 amide bonds. The highest BCUT2D eigenvalue weighted by atomic mass is 16.5. The van der Waals surface area contributed by atoms with E-state index in [2.05, 4.69) is 4.90 Å². The highest BCUT2D eigenvalue weighted by Gasteiger charge is 2.41. The van der Waals surface area contributed by atoms with E-state index in [9.17, 15) is 9.90 Å². The molecule has 3 rings (SSSR count). The molecule has 4 heteroatoms. The molecule has 2 fully saturated rings. The summed E-state index contributed by atoms with van der Waals surface area (Å²) >= 11 is 0. The highest BCUT2D eigenvalue weighted by molar-refractivity contribution is 5.72. The van der Waals surface area contributed by atoms with E-state index in [1.165, 1.54) is 0 Å². The summed E-state index contributed by atoms with van der Waals surface area (Å²) in [5, 5.41) is 9.51. The van der Waals surface area contributed by atoms with Gasteiger partial charge in [0, 0.05) is 38.3 Å². The van der Waals surface area contributed by atoms with Gasteiger partial charge in [-0.3, -0.25) is 9.69 Å². The van der Waals surface area contributed by atoms with Crippen LogP contribution in [0.3, 0.4) is 0 Å². The van der Waals surface area contributed by atoms with Crippen LogP contribution in [0.1, 0.15) is 24.3 Å². The molecule has 20 heavy (non-hydrogen) atoms. The summed E-state index contributed by atoms with van der Waals surface area (Å²) in [6.45, 7) is 3.12. The molecule has 0 radical (unpaired) electrons. The van der Waals surface area contributed by atoms with Gasteiger partial charge in [0.2, 0.25) is 0 Å². The molecule has 1 N–H and O–H groups in total. The van der Waals surface area contributed by atoms with Crippen LogP contribution in [0.15, 0.2) is 30.3 Å². The lowest BCUT2D eigenvalue weighted by molar-refractivity contribution is -0.141. The summed E-state index contributed by atoms with van der Waals surface area (Å²) in [7, 11) is 0. The lowest BCUT2D eigenvalue weighted by atomic mass is 9.89. The van der Waals surface area contributed by atoms with Crippen LogP contribution in [0.2, 0.25) is 0 Å². The summed E-state index contributed by atoms with van der Waals surface area (Å²) in [5.74, 6) is -0.856. The Bertz CT molecular complexity index is 456. The monoisotopic (exact) mass is 275 g/mol. The molecule has 1 aromatic carbocycles. The average Bonchev–Trinajstić information content (AvgIpc) is 2.94. The van der Waals surface area contributed by atoms with Crippen molar-refractivity contribution in [3.05, 3.63) is 35.9 Å². The van der Waals surface area contributed by atoms with Gasteiger partial charge in [-0.25, -0.2) is 0 Å². The zero-order valence-corrected chi connectivity index (χ0v) is 11.6. The van der Waals surface area contributed by atoms with E-state index < -0.39 is 5.97 Å². The van der Waals surface area contributed by atoms with Crippen LogP contribution in [-0.2, 0) is 9.53 Å². The summed E-state index contributed by atoms with van der Waals surface area (Å²) in [4.78, 5) is 13.9. The van der Waals surface area contributed by atoms with Crippen LogP contribution in [0.5, 0.6) is 0 Å². The zero-order chi connectivity index (χ0) is 13.9. The second-order valence-electron chi connectivity index (χ2n) is 5.76.